The van der Waals surface area contributed by atoms with Crippen LogP contribution in [0.25, 0.3) is 0 Å². The van der Waals surface area contributed by atoms with Gasteiger partial charge < -0.3 is 10.6 Å². The van der Waals surface area contributed by atoms with Gasteiger partial charge in [0.05, 0.1) is 6.20 Å². The van der Waals surface area contributed by atoms with Crippen LogP contribution < -0.4 is 10.6 Å². The van der Waals surface area contributed by atoms with E-state index in [1.54, 1.807) is 6.20 Å². The van der Waals surface area contributed by atoms with E-state index in [1.807, 2.05) is 24.1 Å². The topological polar surface area (TPSA) is 55.0 Å². The van der Waals surface area contributed by atoms with Crippen LogP contribution in [-0.2, 0) is 13.1 Å². The fourth-order valence-corrected chi connectivity index (χ4v) is 2.04. The van der Waals surface area contributed by atoms with Gasteiger partial charge in [0.1, 0.15) is 11.3 Å². The molecule has 0 saturated carbocycles. The molecule has 2 N–H and O–H groups in total. The van der Waals surface area contributed by atoms with Gasteiger partial charge in [0.15, 0.2) is 5.82 Å². The Morgan fingerprint density at radius 3 is 2.83 bits per heavy atom. The molecular formula is C13H15ClN4. The van der Waals surface area contributed by atoms with Crippen LogP contribution in [0.5, 0.6) is 0 Å². The van der Waals surface area contributed by atoms with Gasteiger partial charge >= 0.3 is 0 Å². The van der Waals surface area contributed by atoms with Gasteiger partial charge in [-0.05, 0) is 11.1 Å². The maximum absolute atomic E-state index is 6.06. The third-order valence-corrected chi connectivity index (χ3v) is 2.92. The minimum Gasteiger partial charge on any atom is -0.354 e. The molecule has 2 rings (SSSR count). The number of halogens is 1. The molecular weight excluding hydrogens is 248 g/mol. The van der Waals surface area contributed by atoms with Gasteiger partial charge in [0.25, 0.3) is 0 Å². The maximum atomic E-state index is 6.06. The average Bonchev–Trinajstić information content (AvgIpc) is 2.39. The minimum atomic E-state index is 0.547. The van der Waals surface area contributed by atoms with E-state index in [4.69, 9.17) is 17.3 Å². The molecule has 0 radical (unpaired) electrons. The van der Waals surface area contributed by atoms with Crippen molar-refractivity contribution in [2.45, 2.75) is 13.1 Å². The summed E-state index contributed by atoms with van der Waals surface area (Å²) in [4.78, 5) is 10.0. The van der Waals surface area contributed by atoms with Crippen molar-refractivity contribution in [1.82, 2.24) is 9.97 Å². The largest absolute Gasteiger partial charge is 0.354 e. The highest BCUT2D eigenvalue weighted by molar-refractivity contribution is 6.32. The smallest absolute Gasteiger partial charge is 0.150 e. The summed E-state index contributed by atoms with van der Waals surface area (Å²) in [5.74, 6) is 0.727. The van der Waals surface area contributed by atoms with E-state index in [9.17, 15) is 0 Å². The lowest BCUT2D eigenvalue weighted by Gasteiger charge is -2.19. The average molecular weight is 263 g/mol. The number of rotatable bonds is 4. The van der Waals surface area contributed by atoms with Crippen LogP contribution in [0.15, 0.2) is 36.8 Å². The van der Waals surface area contributed by atoms with Crippen molar-refractivity contribution in [3.8, 4) is 0 Å². The highest BCUT2D eigenvalue weighted by atomic mass is 35.5. The lowest BCUT2D eigenvalue weighted by Crippen LogP contribution is -2.18. The molecule has 5 heteroatoms. The van der Waals surface area contributed by atoms with Crippen LogP contribution >= 0.6 is 11.6 Å². The first kappa shape index (κ1) is 12.8. The highest BCUT2D eigenvalue weighted by Gasteiger charge is 2.08. The van der Waals surface area contributed by atoms with Gasteiger partial charge in [-0.2, -0.15) is 0 Å². The van der Waals surface area contributed by atoms with Crippen LogP contribution in [-0.4, -0.2) is 17.0 Å². The van der Waals surface area contributed by atoms with E-state index in [-0.39, 0.29) is 0 Å². The summed E-state index contributed by atoms with van der Waals surface area (Å²) in [6.07, 6.45) is 3.09. The van der Waals surface area contributed by atoms with Crippen molar-refractivity contribution in [3.63, 3.8) is 0 Å². The number of hydrogen-bond acceptors (Lipinski definition) is 4. The molecule has 4 nitrogen and oxygen atoms in total. The molecule has 1 heterocycles. The normalized spacial score (nSPS) is 10.4. The molecule has 0 atom stereocenters. The second kappa shape index (κ2) is 5.80. The summed E-state index contributed by atoms with van der Waals surface area (Å²) in [5, 5.41) is 0.551. The highest BCUT2D eigenvalue weighted by Crippen LogP contribution is 2.21. The number of anilines is 1. The predicted molar refractivity (Wildman–Crippen MR) is 73.5 cm³/mol. The molecule has 0 amide bonds. The monoisotopic (exact) mass is 262 g/mol. The lowest BCUT2D eigenvalue weighted by molar-refractivity contribution is 0.887. The summed E-state index contributed by atoms with van der Waals surface area (Å²) in [5.41, 5.74) is 7.93. The molecule has 2 aromatic rings. The number of hydrogen-bond donors (Lipinski definition) is 1. The van der Waals surface area contributed by atoms with Gasteiger partial charge in [-0.1, -0.05) is 35.9 Å². The first-order valence-corrected chi connectivity index (χ1v) is 6.03. The molecule has 0 aliphatic heterocycles. The van der Waals surface area contributed by atoms with Crippen molar-refractivity contribution in [2.75, 3.05) is 11.9 Å². The van der Waals surface area contributed by atoms with Crippen LogP contribution in [0.4, 0.5) is 5.82 Å². The van der Waals surface area contributed by atoms with Crippen LogP contribution in [0, 0.1) is 0 Å². The zero-order valence-electron chi connectivity index (χ0n) is 10.2. The van der Waals surface area contributed by atoms with E-state index in [2.05, 4.69) is 22.1 Å². The van der Waals surface area contributed by atoms with Gasteiger partial charge in [-0.25, -0.2) is 9.97 Å². The Labute approximate surface area is 111 Å². The Kier molecular flexibility index (Phi) is 4.12. The molecule has 1 aromatic carbocycles. The Morgan fingerprint density at radius 1 is 1.33 bits per heavy atom. The van der Waals surface area contributed by atoms with Crippen LogP contribution in [0.2, 0.25) is 5.02 Å². The Bertz CT molecular complexity index is 530. The van der Waals surface area contributed by atoms with E-state index in [0.717, 1.165) is 17.9 Å². The Balaban J connectivity index is 2.16. The maximum Gasteiger partial charge on any atom is 0.150 e. The molecule has 0 spiro atoms. The molecule has 1 aromatic heterocycles. The van der Waals surface area contributed by atoms with Crippen molar-refractivity contribution >= 4 is 17.4 Å². The molecule has 0 saturated heterocycles. The second-order valence-corrected chi connectivity index (χ2v) is 4.48. The summed E-state index contributed by atoms with van der Waals surface area (Å²) in [6, 6.07) is 8.17. The zero-order valence-corrected chi connectivity index (χ0v) is 10.9. The SMILES string of the molecule is CN(Cc1cccc(CN)c1)c1ncncc1Cl. The number of aromatic nitrogens is 2. The molecule has 0 unspecified atom stereocenters. The van der Waals surface area contributed by atoms with Gasteiger partial charge in [0.2, 0.25) is 0 Å². The van der Waals surface area contributed by atoms with E-state index >= 15 is 0 Å². The summed E-state index contributed by atoms with van der Waals surface area (Å²) in [7, 11) is 1.95. The molecule has 0 aliphatic carbocycles. The fourth-order valence-electron chi connectivity index (χ4n) is 1.79. The minimum absolute atomic E-state index is 0.547. The lowest BCUT2D eigenvalue weighted by atomic mass is 10.1. The Morgan fingerprint density at radius 2 is 2.11 bits per heavy atom. The van der Waals surface area contributed by atoms with Crippen LogP contribution in [0.3, 0.4) is 0 Å². The number of benzene rings is 1. The second-order valence-electron chi connectivity index (χ2n) is 4.07. The number of nitrogens with two attached hydrogens (primary N) is 1. The van der Waals surface area contributed by atoms with Gasteiger partial charge in [-0.3, -0.25) is 0 Å². The van der Waals surface area contributed by atoms with Gasteiger partial charge in [0, 0.05) is 20.1 Å². The first-order chi connectivity index (χ1) is 8.70. The predicted octanol–water partition coefficient (Wildman–Crippen LogP) is 2.23. The summed E-state index contributed by atoms with van der Waals surface area (Å²) < 4.78 is 0. The first-order valence-electron chi connectivity index (χ1n) is 5.65. The standard InChI is InChI=1S/C13H15ClN4/c1-18(13-12(14)7-16-9-17-13)8-11-4-2-3-10(5-11)6-15/h2-5,7,9H,6,8,15H2,1H3. The van der Waals surface area contributed by atoms with Gasteiger partial charge in [-0.15, -0.1) is 0 Å². The van der Waals surface area contributed by atoms with E-state index in [0.29, 0.717) is 11.6 Å². The van der Waals surface area contributed by atoms with Crippen molar-refractivity contribution < 1.29 is 0 Å². The fraction of sp³-hybridized carbons (Fsp3) is 0.231. The third kappa shape index (κ3) is 2.97. The Hall–Kier alpha value is -1.65. The molecule has 0 aliphatic rings. The molecule has 0 fully saturated rings. The number of nitrogens with zero attached hydrogens (tertiary/aromatic N) is 3. The van der Waals surface area contributed by atoms with Crippen molar-refractivity contribution in [1.29, 1.82) is 0 Å². The quantitative estimate of drug-likeness (QED) is 0.918. The molecule has 18 heavy (non-hydrogen) atoms. The summed E-state index contributed by atoms with van der Waals surface area (Å²) in [6.45, 7) is 1.27. The zero-order chi connectivity index (χ0) is 13.0. The van der Waals surface area contributed by atoms with E-state index in [1.165, 1.54) is 11.9 Å². The molecule has 94 valence electrons. The van der Waals surface area contributed by atoms with E-state index < -0.39 is 0 Å². The van der Waals surface area contributed by atoms with Crippen molar-refractivity contribution in [3.05, 3.63) is 52.9 Å². The van der Waals surface area contributed by atoms with Crippen molar-refractivity contribution in [2.24, 2.45) is 5.73 Å². The van der Waals surface area contributed by atoms with Crippen LogP contribution in [0.1, 0.15) is 11.1 Å². The molecule has 0 bridgehead atoms. The third-order valence-electron chi connectivity index (χ3n) is 2.66. The summed E-state index contributed by atoms with van der Waals surface area (Å²) >= 11 is 6.06.